The van der Waals surface area contributed by atoms with Gasteiger partial charge in [0, 0.05) is 18.7 Å². The topological polar surface area (TPSA) is 72.4 Å². The standard InChI is InChI=1S/C15H22ClN3O2/c1-2-18(13-8-4-3-6-11(13)10-17)15-12(16)7-5-9-14(15)19(20)21/h5,7,9,11,13H,2-4,6,8,10,17H2,1H3. The predicted molar refractivity (Wildman–Crippen MR) is 85.9 cm³/mol. The summed E-state index contributed by atoms with van der Waals surface area (Å²) < 4.78 is 0. The van der Waals surface area contributed by atoms with E-state index in [1.165, 1.54) is 12.5 Å². The molecule has 5 nitrogen and oxygen atoms in total. The van der Waals surface area contributed by atoms with Crippen LogP contribution in [0.15, 0.2) is 18.2 Å². The first-order valence-electron chi connectivity index (χ1n) is 7.49. The van der Waals surface area contributed by atoms with Crippen molar-refractivity contribution in [1.82, 2.24) is 0 Å². The third-order valence-electron chi connectivity index (χ3n) is 4.36. The van der Waals surface area contributed by atoms with Crippen molar-refractivity contribution in [2.45, 2.75) is 38.6 Å². The Morgan fingerprint density at radius 3 is 2.76 bits per heavy atom. The molecule has 1 aromatic rings. The first kappa shape index (κ1) is 16.0. The number of hydrogen-bond donors (Lipinski definition) is 1. The molecule has 2 unspecified atom stereocenters. The lowest BCUT2D eigenvalue weighted by molar-refractivity contribution is -0.384. The van der Waals surface area contributed by atoms with Crippen LogP contribution >= 0.6 is 11.6 Å². The van der Waals surface area contributed by atoms with E-state index in [4.69, 9.17) is 17.3 Å². The summed E-state index contributed by atoms with van der Waals surface area (Å²) in [5, 5.41) is 11.8. The van der Waals surface area contributed by atoms with Crippen molar-refractivity contribution in [3.05, 3.63) is 33.3 Å². The van der Waals surface area contributed by atoms with Gasteiger partial charge in [-0.1, -0.05) is 30.5 Å². The number of nitrogens with two attached hydrogens (primary N) is 1. The fourth-order valence-electron chi connectivity index (χ4n) is 3.37. The summed E-state index contributed by atoms with van der Waals surface area (Å²) in [5.41, 5.74) is 6.52. The van der Waals surface area contributed by atoms with Gasteiger partial charge in [0.15, 0.2) is 0 Å². The molecule has 0 bridgehead atoms. The van der Waals surface area contributed by atoms with Gasteiger partial charge >= 0.3 is 0 Å². The third-order valence-corrected chi connectivity index (χ3v) is 4.67. The highest BCUT2D eigenvalue weighted by atomic mass is 35.5. The minimum atomic E-state index is -0.357. The highest BCUT2D eigenvalue weighted by molar-refractivity contribution is 6.33. The molecule has 1 aliphatic rings. The zero-order valence-electron chi connectivity index (χ0n) is 12.3. The normalized spacial score (nSPS) is 22.0. The number of para-hydroxylation sites is 1. The smallest absolute Gasteiger partial charge is 0.294 e. The molecule has 0 aromatic heterocycles. The summed E-state index contributed by atoms with van der Waals surface area (Å²) >= 11 is 6.28. The predicted octanol–water partition coefficient (Wildman–Crippen LogP) is 3.59. The van der Waals surface area contributed by atoms with Crippen LogP contribution in [0.3, 0.4) is 0 Å². The molecule has 0 saturated heterocycles. The Kier molecular flexibility index (Phi) is 5.42. The lowest BCUT2D eigenvalue weighted by atomic mass is 9.83. The molecule has 116 valence electrons. The van der Waals surface area contributed by atoms with E-state index in [1.807, 2.05) is 6.92 Å². The van der Waals surface area contributed by atoms with Crippen LogP contribution in [0.5, 0.6) is 0 Å². The third kappa shape index (κ3) is 3.30. The monoisotopic (exact) mass is 311 g/mol. The maximum atomic E-state index is 11.3. The molecule has 0 amide bonds. The van der Waals surface area contributed by atoms with E-state index in [-0.39, 0.29) is 16.7 Å². The summed E-state index contributed by atoms with van der Waals surface area (Å²) in [6.07, 6.45) is 4.41. The molecule has 21 heavy (non-hydrogen) atoms. The van der Waals surface area contributed by atoms with E-state index < -0.39 is 0 Å². The highest BCUT2D eigenvalue weighted by Crippen LogP contribution is 2.40. The van der Waals surface area contributed by atoms with Gasteiger partial charge in [-0.2, -0.15) is 0 Å². The Bertz CT molecular complexity index is 510. The molecular weight excluding hydrogens is 290 g/mol. The molecule has 1 aliphatic carbocycles. The van der Waals surface area contributed by atoms with Crippen molar-refractivity contribution >= 4 is 23.0 Å². The van der Waals surface area contributed by atoms with Gasteiger partial charge in [0.25, 0.3) is 5.69 Å². The molecule has 2 atom stereocenters. The zero-order valence-corrected chi connectivity index (χ0v) is 13.1. The van der Waals surface area contributed by atoms with Crippen molar-refractivity contribution < 1.29 is 4.92 Å². The molecule has 1 fully saturated rings. The average molecular weight is 312 g/mol. The van der Waals surface area contributed by atoms with Crippen molar-refractivity contribution in [3.8, 4) is 0 Å². The average Bonchev–Trinajstić information content (AvgIpc) is 2.49. The van der Waals surface area contributed by atoms with Crippen LogP contribution in [0.25, 0.3) is 0 Å². The zero-order chi connectivity index (χ0) is 15.4. The van der Waals surface area contributed by atoms with Crippen molar-refractivity contribution in [2.24, 2.45) is 11.7 Å². The Morgan fingerprint density at radius 2 is 2.14 bits per heavy atom. The van der Waals surface area contributed by atoms with Crippen LogP contribution in [0.4, 0.5) is 11.4 Å². The molecule has 2 rings (SSSR count). The minimum Gasteiger partial charge on any atom is -0.362 e. The molecule has 6 heteroatoms. The maximum absolute atomic E-state index is 11.3. The number of benzene rings is 1. The summed E-state index contributed by atoms with van der Waals surface area (Å²) in [6.45, 7) is 3.31. The molecule has 0 heterocycles. The van der Waals surface area contributed by atoms with Gasteiger partial charge in [0.2, 0.25) is 0 Å². The number of nitrogens with zero attached hydrogens (tertiary/aromatic N) is 2. The van der Waals surface area contributed by atoms with Crippen LogP contribution in [-0.4, -0.2) is 24.1 Å². The van der Waals surface area contributed by atoms with Crippen molar-refractivity contribution in [1.29, 1.82) is 0 Å². The van der Waals surface area contributed by atoms with Gasteiger partial charge in [0.05, 0.1) is 9.95 Å². The van der Waals surface area contributed by atoms with Crippen LogP contribution in [0.1, 0.15) is 32.6 Å². The van der Waals surface area contributed by atoms with Gasteiger partial charge in [0.1, 0.15) is 5.69 Å². The molecule has 0 spiro atoms. The number of halogens is 1. The number of anilines is 1. The largest absolute Gasteiger partial charge is 0.362 e. The lowest BCUT2D eigenvalue weighted by Crippen LogP contribution is -2.45. The summed E-state index contributed by atoms with van der Waals surface area (Å²) in [4.78, 5) is 13.0. The second-order valence-electron chi connectivity index (χ2n) is 5.50. The van der Waals surface area contributed by atoms with E-state index in [2.05, 4.69) is 4.90 Å². The first-order chi connectivity index (χ1) is 10.1. The maximum Gasteiger partial charge on any atom is 0.294 e. The van der Waals surface area contributed by atoms with Crippen LogP contribution in [0, 0.1) is 16.0 Å². The van der Waals surface area contributed by atoms with Gasteiger partial charge in [-0.25, -0.2) is 0 Å². The van der Waals surface area contributed by atoms with E-state index in [1.54, 1.807) is 12.1 Å². The summed E-state index contributed by atoms with van der Waals surface area (Å²) in [6, 6.07) is 5.09. The first-order valence-corrected chi connectivity index (χ1v) is 7.87. The van der Waals surface area contributed by atoms with Gasteiger partial charge < -0.3 is 10.6 Å². The molecule has 0 radical (unpaired) electrons. The van der Waals surface area contributed by atoms with Crippen molar-refractivity contribution in [3.63, 3.8) is 0 Å². The fourth-order valence-corrected chi connectivity index (χ4v) is 3.65. The van der Waals surface area contributed by atoms with Crippen LogP contribution < -0.4 is 10.6 Å². The number of nitro groups is 1. The van der Waals surface area contributed by atoms with Crippen molar-refractivity contribution in [2.75, 3.05) is 18.0 Å². The number of hydrogen-bond acceptors (Lipinski definition) is 4. The van der Waals surface area contributed by atoms with Gasteiger partial charge in [-0.15, -0.1) is 0 Å². The quantitative estimate of drug-likeness (QED) is 0.666. The SMILES string of the molecule is CCN(c1c(Cl)cccc1[N+](=O)[O-])C1CCCCC1CN. The Hall–Kier alpha value is -1.33. The molecule has 0 aliphatic heterocycles. The number of nitro benzene ring substituents is 1. The summed E-state index contributed by atoms with van der Waals surface area (Å²) in [7, 11) is 0. The Morgan fingerprint density at radius 1 is 1.43 bits per heavy atom. The van der Waals surface area contributed by atoms with E-state index >= 15 is 0 Å². The van der Waals surface area contributed by atoms with Crippen LogP contribution in [0.2, 0.25) is 5.02 Å². The Balaban J connectivity index is 2.43. The van der Waals surface area contributed by atoms with Gasteiger partial charge in [-0.05, 0) is 38.3 Å². The van der Waals surface area contributed by atoms with E-state index in [9.17, 15) is 10.1 Å². The second-order valence-corrected chi connectivity index (χ2v) is 5.91. The minimum absolute atomic E-state index is 0.0747. The molecule has 1 aromatic carbocycles. The van der Waals surface area contributed by atoms with Crippen LogP contribution in [-0.2, 0) is 0 Å². The summed E-state index contributed by atoms with van der Waals surface area (Å²) in [5.74, 6) is 0.370. The highest BCUT2D eigenvalue weighted by Gasteiger charge is 2.33. The van der Waals surface area contributed by atoms with E-state index in [0.717, 1.165) is 19.3 Å². The lowest BCUT2D eigenvalue weighted by Gasteiger charge is -2.40. The molecule has 2 N–H and O–H groups in total. The molecule has 1 saturated carbocycles. The van der Waals surface area contributed by atoms with E-state index in [0.29, 0.717) is 29.7 Å². The van der Waals surface area contributed by atoms with Gasteiger partial charge in [-0.3, -0.25) is 10.1 Å². The molecular formula is C15H22ClN3O2. The fraction of sp³-hybridized carbons (Fsp3) is 0.600. The number of rotatable bonds is 5. The Labute approximate surface area is 130 Å². The second kappa shape index (κ2) is 7.09.